The molecule has 11 nitrogen and oxygen atoms in total. The van der Waals surface area contributed by atoms with Crippen LogP contribution in [0.15, 0.2) is 30.3 Å². The van der Waals surface area contributed by atoms with Crippen LogP contribution in [0.2, 0.25) is 0 Å². The van der Waals surface area contributed by atoms with Crippen LogP contribution in [-0.2, 0) is 30.4 Å². The number of fused-ring (bicyclic) bond motifs is 1. The van der Waals surface area contributed by atoms with Gasteiger partial charge in [-0.1, -0.05) is 18.2 Å². The number of aryl methyl sites for hydroxylation is 2. The Hall–Kier alpha value is -4.09. The van der Waals surface area contributed by atoms with E-state index < -0.39 is 29.7 Å². The van der Waals surface area contributed by atoms with Gasteiger partial charge in [0.2, 0.25) is 17.7 Å². The predicted molar refractivity (Wildman–Crippen MR) is 150 cm³/mol. The average molecular weight is 565 g/mol. The molecule has 2 aliphatic heterocycles. The van der Waals surface area contributed by atoms with Gasteiger partial charge in [-0.05, 0) is 61.6 Å². The highest BCUT2D eigenvalue weighted by Gasteiger charge is 2.45. The maximum Gasteiger partial charge on any atom is 0.264 e. The lowest BCUT2D eigenvalue weighted by Gasteiger charge is -2.27. The molecule has 0 spiro atoms. The number of benzene rings is 2. The Morgan fingerprint density at radius 1 is 0.976 bits per heavy atom. The third-order valence-electron chi connectivity index (χ3n) is 7.35. The van der Waals surface area contributed by atoms with Crippen molar-refractivity contribution in [2.45, 2.75) is 52.6 Å². The van der Waals surface area contributed by atoms with E-state index in [1.54, 1.807) is 18.2 Å². The Balaban J connectivity index is 1.12. The number of piperidine rings is 1. The first kappa shape index (κ1) is 29.9. The molecule has 0 bridgehead atoms. The molecule has 2 aromatic carbocycles. The summed E-state index contributed by atoms with van der Waals surface area (Å²) in [5.74, 6) is -2.25. The van der Waals surface area contributed by atoms with E-state index in [0.29, 0.717) is 38.6 Å². The molecule has 0 aliphatic carbocycles. The molecule has 3 N–H and O–H groups in total. The van der Waals surface area contributed by atoms with Gasteiger partial charge < -0.3 is 20.1 Å². The fraction of sp³-hybridized carbons (Fsp3) is 0.433. The van der Waals surface area contributed by atoms with Gasteiger partial charge in [-0.25, -0.2) is 0 Å². The highest BCUT2D eigenvalue weighted by Crippen LogP contribution is 2.32. The van der Waals surface area contributed by atoms with Gasteiger partial charge in [-0.2, -0.15) is 0 Å². The molecule has 11 heteroatoms. The molecule has 1 saturated heterocycles. The number of amides is 5. The van der Waals surface area contributed by atoms with E-state index in [1.807, 2.05) is 0 Å². The standard InChI is InChI=1S/C30H36N4O7/c1-18-15-21(16-19(2)20(18)3)17-32-25(35)9-11-40-13-14-41-12-10-31-23-6-4-5-22-27(23)30(39)34(29(22)38)24-7-8-26(36)33-28(24)37/h4-6,15-16,24,31H,7-14,17H2,1-3H3,(H,32,35)(H,33,36,37). The summed E-state index contributed by atoms with van der Waals surface area (Å²) in [5, 5.41) is 8.23. The second kappa shape index (κ2) is 13.5. The van der Waals surface area contributed by atoms with Crippen molar-refractivity contribution in [3.05, 3.63) is 63.7 Å². The van der Waals surface area contributed by atoms with Crippen molar-refractivity contribution in [2.75, 3.05) is 38.3 Å². The van der Waals surface area contributed by atoms with Crippen LogP contribution in [-0.4, -0.2) is 73.4 Å². The molecule has 41 heavy (non-hydrogen) atoms. The third-order valence-corrected chi connectivity index (χ3v) is 7.35. The Morgan fingerprint density at radius 3 is 2.39 bits per heavy atom. The van der Waals surface area contributed by atoms with Crippen LogP contribution >= 0.6 is 0 Å². The second-order valence-corrected chi connectivity index (χ2v) is 10.2. The van der Waals surface area contributed by atoms with Gasteiger partial charge in [0, 0.05) is 31.6 Å². The highest BCUT2D eigenvalue weighted by molar-refractivity contribution is 6.25. The van der Waals surface area contributed by atoms with E-state index >= 15 is 0 Å². The van der Waals surface area contributed by atoms with E-state index in [-0.39, 0.29) is 42.9 Å². The van der Waals surface area contributed by atoms with Gasteiger partial charge in [0.15, 0.2) is 0 Å². The van der Waals surface area contributed by atoms with Gasteiger partial charge in [0.05, 0.1) is 37.6 Å². The SMILES string of the molecule is Cc1cc(CNC(=O)CCOCCOCCNc2cccc3c2C(=O)N(C2CCC(=O)NC2=O)C3=O)cc(C)c1C. The van der Waals surface area contributed by atoms with Crippen LogP contribution in [0.3, 0.4) is 0 Å². The minimum atomic E-state index is -1.01. The number of imide groups is 2. The molecule has 218 valence electrons. The maximum absolute atomic E-state index is 13.1. The van der Waals surface area contributed by atoms with Crippen molar-refractivity contribution in [3.63, 3.8) is 0 Å². The molecule has 5 amide bonds. The molecule has 0 aromatic heterocycles. The summed E-state index contributed by atoms with van der Waals surface area (Å²) in [6, 6.07) is 8.06. The molecule has 2 heterocycles. The summed E-state index contributed by atoms with van der Waals surface area (Å²) in [6.07, 6.45) is 0.427. The maximum atomic E-state index is 13.1. The number of nitrogens with one attached hydrogen (secondary N) is 3. The van der Waals surface area contributed by atoms with Crippen LogP contribution in [0, 0.1) is 20.8 Å². The smallest absolute Gasteiger partial charge is 0.264 e. The first-order chi connectivity index (χ1) is 19.7. The second-order valence-electron chi connectivity index (χ2n) is 10.2. The zero-order valence-corrected chi connectivity index (χ0v) is 23.6. The predicted octanol–water partition coefficient (Wildman–Crippen LogP) is 2.16. The summed E-state index contributed by atoms with van der Waals surface area (Å²) >= 11 is 0. The first-order valence-corrected chi connectivity index (χ1v) is 13.7. The number of carbonyl (C=O) groups is 5. The van der Waals surface area contributed by atoms with E-state index in [9.17, 15) is 24.0 Å². The number of nitrogens with zero attached hydrogens (tertiary/aromatic N) is 1. The molecule has 2 aliphatic rings. The van der Waals surface area contributed by atoms with Crippen molar-refractivity contribution >= 4 is 35.2 Å². The minimum absolute atomic E-state index is 0.0661. The Morgan fingerprint density at radius 2 is 1.68 bits per heavy atom. The van der Waals surface area contributed by atoms with Gasteiger partial charge in [0.25, 0.3) is 11.8 Å². The first-order valence-electron chi connectivity index (χ1n) is 13.7. The van der Waals surface area contributed by atoms with Crippen molar-refractivity contribution in [1.82, 2.24) is 15.5 Å². The number of hydrogen-bond donors (Lipinski definition) is 3. The lowest BCUT2D eigenvalue weighted by Crippen LogP contribution is -2.54. The highest BCUT2D eigenvalue weighted by atomic mass is 16.5. The Bertz CT molecular complexity index is 1330. The molecule has 2 aromatic rings. The monoisotopic (exact) mass is 564 g/mol. The number of carbonyl (C=O) groups excluding carboxylic acids is 5. The van der Waals surface area contributed by atoms with Crippen LogP contribution in [0.1, 0.15) is 62.2 Å². The summed E-state index contributed by atoms with van der Waals surface area (Å²) < 4.78 is 11.1. The van der Waals surface area contributed by atoms with Gasteiger partial charge >= 0.3 is 0 Å². The summed E-state index contributed by atoms with van der Waals surface area (Å²) in [5.41, 5.74) is 5.65. The van der Waals surface area contributed by atoms with Crippen molar-refractivity contribution in [3.8, 4) is 0 Å². The summed E-state index contributed by atoms with van der Waals surface area (Å²) in [7, 11) is 0. The number of anilines is 1. The van der Waals surface area contributed by atoms with Crippen LogP contribution in [0.25, 0.3) is 0 Å². The zero-order chi connectivity index (χ0) is 29.5. The molecule has 1 fully saturated rings. The largest absolute Gasteiger partial charge is 0.382 e. The minimum Gasteiger partial charge on any atom is -0.382 e. The van der Waals surface area contributed by atoms with Crippen LogP contribution < -0.4 is 16.0 Å². The molecular weight excluding hydrogens is 528 g/mol. The van der Waals surface area contributed by atoms with E-state index in [1.165, 1.54) is 16.7 Å². The Labute approximate surface area is 238 Å². The van der Waals surface area contributed by atoms with E-state index in [2.05, 4.69) is 48.9 Å². The number of ether oxygens (including phenoxy) is 2. The van der Waals surface area contributed by atoms with Crippen molar-refractivity contribution in [2.24, 2.45) is 0 Å². The summed E-state index contributed by atoms with van der Waals surface area (Å²) in [6.45, 7) is 8.34. The lowest BCUT2D eigenvalue weighted by molar-refractivity contribution is -0.136. The Kier molecular flexibility index (Phi) is 9.85. The molecule has 1 atom stereocenters. The van der Waals surface area contributed by atoms with Gasteiger partial charge in [-0.3, -0.25) is 34.2 Å². The van der Waals surface area contributed by atoms with Gasteiger partial charge in [0.1, 0.15) is 6.04 Å². The van der Waals surface area contributed by atoms with Crippen molar-refractivity contribution < 1.29 is 33.4 Å². The normalized spacial score (nSPS) is 16.6. The van der Waals surface area contributed by atoms with Crippen LogP contribution in [0.4, 0.5) is 5.69 Å². The fourth-order valence-corrected chi connectivity index (χ4v) is 4.92. The average Bonchev–Trinajstić information content (AvgIpc) is 3.19. The topological polar surface area (TPSA) is 143 Å². The summed E-state index contributed by atoms with van der Waals surface area (Å²) in [4.78, 5) is 62.8. The quantitative estimate of drug-likeness (QED) is 0.248. The number of hydrogen-bond acceptors (Lipinski definition) is 8. The lowest BCUT2D eigenvalue weighted by atomic mass is 10.0. The molecular formula is C30H36N4O7. The van der Waals surface area contributed by atoms with Gasteiger partial charge in [-0.15, -0.1) is 0 Å². The molecule has 4 rings (SSSR count). The van der Waals surface area contributed by atoms with Crippen LogP contribution in [0.5, 0.6) is 0 Å². The zero-order valence-electron chi connectivity index (χ0n) is 23.6. The van der Waals surface area contributed by atoms with E-state index in [0.717, 1.165) is 10.5 Å². The molecule has 0 saturated carbocycles. The third kappa shape index (κ3) is 7.17. The molecule has 1 unspecified atom stereocenters. The van der Waals surface area contributed by atoms with E-state index in [4.69, 9.17) is 9.47 Å². The van der Waals surface area contributed by atoms with Crippen molar-refractivity contribution in [1.29, 1.82) is 0 Å². The molecule has 0 radical (unpaired) electrons. The number of rotatable bonds is 13. The fourth-order valence-electron chi connectivity index (χ4n) is 4.92.